The van der Waals surface area contributed by atoms with E-state index in [0.29, 0.717) is 0 Å². The Bertz CT molecular complexity index is 953. The van der Waals surface area contributed by atoms with Crippen molar-refractivity contribution in [1.29, 1.82) is 0 Å². The Balaban J connectivity index is 2.92. The van der Waals surface area contributed by atoms with Gasteiger partial charge in [-0.25, -0.2) is 4.79 Å². The summed E-state index contributed by atoms with van der Waals surface area (Å²) in [7, 11) is 0. The second-order valence-corrected chi connectivity index (χ2v) is 8.59. The summed E-state index contributed by atoms with van der Waals surface area (Å²) in [5.41, 5.74) is 12.0. The van der Waals surface area contributed by atoms with Crippen LogP contribution >= 0.6 is 0 Å². The molecule has 0 aliphatic rings. The number of nitrogens with two attached hydrogens (primary N) is 2. The van der Waals surface area contributed by atoms with E-state index < -0.39 is 84.9 Å². The number of carbonyl (C=O) groups is 6. The zero-order valence-electron chi connectivity index (χ0n) is 20.1. The van der Waals surface area contributed by atoms with Crippen LogP contribution in [0.2, 0.25) is 0 Å². The molecule has 1 aromatic rings. The molecular formula is C23H33N5O8. The summed E-state index contributed by atoms with van der Waals surface area (Å²) in [6.07, 6.45) is -1.39. The smallest absolute Gasteiger partial charge is 0.326 e. The number of benzene rings is 1. The van der Waals surface area contributed by atoms with E-state index in [4.69, 9.17) is 16.6 Å². The molecule has 9 N–H and O–H groups in total. The first-order valence-corrected chi connectivity index (χ1v) is 11.2. The van der Waals surface area contributed by atoms with E-state index in [1.54, 1.807) is 38.1 Å². The van der Waals surface area contributed by atoms with Crippen LogP contribution in [-0.4, -0.2) is 69.9 Å². The molecule has 0 heterocycles. The second-order valence-electron chi connectivity index (χ2n) is 8.59. The lowest BCUT2D eigenvalue weighted by Crippen LogP contribution is -2.59. The van der Waals surface area contributed by atoms with E-state index in [2.05, 4.69) is 16.0 Å². The van der Waals surface area contributed by atoms with Crippen molar-refractivity contribution in [2.24, 2.45) is 17.4 Å². The highest BCUT2D eigenvalue weighted by molar-refractivity contribution is 5.96. The maximum absolute atomic E-state index is 12.9. The van der Waals surface area contributed by atoms with E-state index in [0.717, 1.165) is 5.56 Å². The number of hydrogen-bond acceptors (Lipinski definition) is 7. The molecule has 0 spiro atoms. The van der Waals surface area contributed by atoms with Gasteiger partial charge in [0.05, 0.1) is 12.5 Å². The van der Waals surface area contributed by atoms with E-state index in [1.165, 1.54) is 0 Å². The first-order valence-electron chi connectivity index (χ1n) is 11.2. The molecule has 1 aromatic carbocycles. The first kappa shape index (κ1) is 30.0. The van der Waals surface area contributed by atoms with Crippen LogP contribution in [0, 0.1) is 5.92 Å². The molecule has 4 unspecified atom stereocenters. The normalized spacial score (nSPS) is 14.1. The summed E-state index contributed by atoms with van der Waals surface area (Å²) >= 11 is 0. The van der Waals surface area contributed by atoms with Crippen molar-refractivity contribution in [2.75, 3.05) is 0 Å². The minimum absolute atomic E-state index is 0.221. The fourth-order valence-electron chi connectivity index (χ4n) is 3.23. The van der Waals surface area contributed by atoms with E-state index in [1.807, 2.05) is 6.07 Å². The third-order valence-electron chi connectivity index (χ3n) is 5.18. The van der Waals surface area contributed by atoms with Gasteiger partial charge in [0, 0.05) is 6.42 Å². The zero-order valence-corrected chi connectivity index (χ0v) is 20.1. The highest BCUT2D eigenvalue weighted by Gasteiger charge is 2.32. The predicted octanol–water partition coefficient (Wildman–Crippen LogP) is -1.51. The molecule has 13 heteroatoms. The molecule has 0 fully saturated rings. The molecule has 4 atom stereocenters. The van der Waals surface area contributed by atoms with E-state index >= 15 is 0 Å². The molecule has 4 amide bonds. The number of carboxylic acid groups (broad SMARTS) is 2. The van der Waals surface area contributed by atoms with E-state index in [9.17, 15) is 33.9 Å². The largest absolute Gasteiger partial charge is 0.481 e. The van der Waals surface area contributed by atoms with Gasteiger partial charge in [-0.05, 0) is 24.3 Å². The number of aliphatic carboxylic acids is 2. The highest BCUT2D eigenvalue weighted by atomic mass is 16.4. The quantitative estimate of drug-likeness (QED) is 0.146. The topological polar surface area (TPSA) is 231 Å². The Morgan fingerprint density at radius 3 is 1.94 bits per heavy atom. The van der Waals surface area contributed by atoms with Crippen LogP contribution in [0.1, 0.15) is 38.7 Å². The summed E-state index contributed by atoms with van der Waals surface area (Å²) in [5, 5.41) is 25.0. The molecule has 13 nitrogen and oxygen atoms in total. The van der Waals surface area contributed by atoms with Gasteiger partial charge >= 0.3 is 11.9 Å². The molecule has 36 heavy (non-hydrogen) atoms. The fourth-order valence-corrected chi connectivity index (χ4v) is 3.23. The van der Waals surface area contributed by atoms with Gasteiger partial charge in [0.25, 0.3) is 0 Å². The summed E-state index contributed by atoms with van der Waals surface area (Å²) in [6, 6.07) is 3.78. The first-order chi connectivity index (χ1) is 16.8. The Labute approximate surface area is 208 Å². The molecule has 198 valence electrons. The van der Waals surface area contributed by atoms with Gasteiger partial charge in [0.1, 0.15) is 18.1 Å². The molecule has 0 aliphatic heterocycles. The van der Waals surface area contributed by atoms with Gasteiger partial charge in [0.2, 0.25) is 23.6 Å². The monoisotopic (exact) mass is 507 g/mol. The van der Waals surface area contributed by atoms with Crippen molar-refractivity contribution in [3.8, 4) is 0 Å². The molecular weight excluding hydrogens is 474 g/mol. The van der Waals surface area contributed by atoms with Crippen molar-refractivity contribution in [3.05, 3.63) is 35.9 Å². The van der Waals surface area contributed by atoms with E-state index in [-0.39, 0.29) is 6.42 Å². The zero-order chi connectivity index (χ0) is 27.4. The van der Waals surface area contributed by atoms with Crippen LogP contribution in [0.15, 0.2) is 30.3 Å². The van der Waals surface area contributed by atoms with Crippen LogP contribution < -0.4 is 27.4 Å². The highest BCUT2D eigenvalue weighted by Crippen LogP contribution is 2.07. The standard InChI is InChI=1S/C23H33N5O8/c1-12(2)19(28-20(32)14(24)10-13-6-4-3-5-7-13)22(34)27-16(11-17(25)29)21(33)26-15(23(35)36)8-9-18(30)31/h3-7,12,14-16,19H,8-11,24H2,1-2H3,(H2,25,29)(H,26,33)(H,27,34)(H,28,32)(H,30,31)(H,35,36). The number of rotatable bonds is 15. The summed E-state index contributed by atoms with van der Waals surface area (Å²) in [6.45, 7) is 3.28. The van der Waals surface area contributed by atoms with Gasteiger partial charge in [-0.15, -0.1) is 0 Å². The number of amides is 4. The van der Waals surface area contributed by atoms with Gasteiger partial charge in [0.15, 0.2) is 0 Å². The van der Waals surface area contributed by atoms with Crippen LogP contribution in [0.3, 0.4) is 0 Å². The minimum atomic E-state index is -1.57. The number of primary amides is 1. The van der Waals surface area contributed by atoms with Crippen molar-refractivity contribution in [3.63, 3.8) is 0 Å². The SMILES string of the molecule is CC(C)C(NC(=O)C(N)Cc1ccccc1)C(=O)NC(CC(N)=O)C(=O)NC(CCC(=O)O)C(=O)O. The van der Waals surface area contributed by atoms with Gasteiger partial charge in [-0.3, -0.25) is 24.0 Å². The van der Waals surface area contributed by atoms with Crippen molar-refractivity contribution < 1.29 is 39.0 Å². The van der Waals surface area contributed by atoms with Crippen LogP contribution in [0.25, 0.3) is 0 Å². The van der Waals surface area contributed by atoms with Crippen LogP contribution in [0.5, 0.6) is 0 Å². The summed E-state index contributed by atoms with van der Waals surface area (Å²) in [5.74, 6) is -6.63. The van der Waals surface area contributed by atoms with Gasteiger partial charge in [-0.2, -0.15) is 0 Å². The molecule has 0 saturated heterocycles. The van der Waals surface area contributed by atoms with Crippen molar-refractivity contribution >= 4 is 35.6 Å². The molecule has 0 bridgehead atoms. The number of hydrogen-bond donors (Lipinski definition) is 7. The lowest BCUT2D eigenvalue weighted by molar-refractivity contribution is -0.143. The number of carbonyl (C=O) groups excluding carboxylic acids is 4. The number of carboxylic acids is 2. The average molecular weight is 508 g/mol. The molecule has 1 rings (SSSR count). The molecule has 0 aliphatic carbocycles. The molecule has 0 aromatic heterocycles. The van der Waals surface area contributed by atoms with Crippen molar-refractivity contribution in [1.82, 2.24) is 16.0 Å². The molecule has 0 radical (unpaired) electrons. The lowest BCUT2D eigenvalue weighted by Gasteiger charge is -2.26. The maximum atomic E-state index is 12.9. The Hall–Kier alpha value is -4.00. The number of nitrogens with one attached hydrogen (secondary N) is 3. The predicted molar refractivity (Wildman–Crippen MR) is 127 cm³/mol. The molecule has 0 saturated carbocycles. The average Bonchev–Trinajstić information content (AvgIpc) is 2.78. The third-order valence-corrected chi connectivity index (χ3v) is 5.18. The van der Waals surface area contributed by atoms with Crippen LogP contribution in [-0.2, 0) is 35.2 Å². The minimum Gasteiger partial charge on any atom is -0.481 e. The maximum Gasteiger partial charge on any atom is 0.326 e. The Morgan fingerprint density at radius 1 is 0.861 bits per heavy atom. The Kier molecular flexibility index (Phi) is 12.0. The fraction of sp³-hybridized carbons (Fsp3) is 0.478. The van der Waals surface area contributed by atoms with Gasteiger partial charge in [-0.1, -0.05) is 44.2 Å². The summed E-state index contributed by atoms with van der Waals surface area (Å²) in [4.78, 5) is 71.8. The van der Waals surface area contributed by atoms with Crippen LogP contribution in [0.4, 0.5) is 0 Å². The third kappa shape index (κ3) is 10.5. The van der Waals surface area contributed by atoms with Crippen molar-refractivity contribution in [2.45, 2.75) is 63.7 Å². The Morgan fingerprint density at radius 2 is 1.44 bits per heavy atom. The summed E-state index contributed by atoms with van der Waals surface area (Å²) < 4.78 is 0. The second kappa shape index (κ2) is 14.4. The van der Waals surface area contributed by atoms with Gasteiger partial charge < -0.3 is 37.6 Å². The lowest BCUT2D eigenvalue weighted by atomic mass is 10.0.